The Balaban J connectivity index is 1.76. The van der Waals surface area contributed by atoms with E-state index in [0.29, 0.717) is 34.4 Å². The van der Waals surface area contributed by atoms with Crippen LogP contribution in [0.25, 0.3) is 11.9 Å². The van der Waals surface area contributed by atoms with Crippen LogP contribution in [0.5, 0.6) is 17.2 Å². The third kappa shape index (κ3) is 4.52. The summed E-state index contributed by atoms with van der Waals surface area (Å²) in [7, 11) is 4.60. The third-order valence-electron chi connectivity index (χ3n) is 4.09. The summed E-state index contributed by atoms with van der Waals surface area (Å²) in [6.45, 7) is 1.86. The highest BCUT2D eigenvalue weighted by Gasteiger charge is 2.12. The third-order valence-corrected chi connectivity index (χ3v) is 4.09. The predicted molar refractivity (Wildman–Crippen MR) is 108 cm³/mol. The van der Waals surface area contributed by atoms with Gasteiger partial charge in [0.1, 0.15) is 23.8 Å². The van der Waals surface area contributed by atoms with Crippen molar-refractivity contribution >= 4 is 17.8 Å². The lowest BCUT2D eigenvalue weighted by atomic mass is 10.1. The van der Waals surface area contributed by atoms with Crippen molar-refractivity contribution in [3.63, 3.8) is 0 Å². The average molecular weight is 395 g/mol. The number of nitrogens with zero attached hydrogens (tertiary/aromatic N) is 4. The quantitative estimate of drug-likeness (QED) is 0.614. The first-order valence-electron chi connectivity index (χ1n) is 8.67. The zero-order chi connectivity index (χ0) is 20.8. The normalized spacial score (nSPS) is 10.8. The van der Waals surface area contributed by atoms with Crippen LogP contribution in [0.15, 0.2) is 43.0 Å². The number of anilines is 1. The van der Waals surface area contributed by atoms with Gasteiger partial charge in [0.25, 0.3) is 0 Å². The number of ether oxygens (including phenoxy) is 3. The molecule has 2 heterocycles. The van der Waals surface area contributed by atoms with Gasteiger partial charge in [-0.15, -0.1) is 0 Å². The Hall–Kier alpha value is -3.88. The first-order chi connectivity index (χ1) is 14.0. The van der Waals surface area contributed by atoms with Crippen molar-refractivity contribution in [3.05, 3.63) is 54.4 Å². The molecule has 150 valence electrons. The number of imidazole rings is 1. The van der Waals surface area contributed by atoms with E-state index in [-0.39, 0.29) is 5.91 Å². The van der Waals surface area contributed by atoms with Crippen LogP contribution in [0, 0.1) is 6.92 Å². The van der Waals surface area contributed by atoms with Gasteiger partial charge >= 0.3 is 0 Å². The Morgan fingerprint density at radius 3 is 2.34 bits per heavy atom. The van der Waals surface area contributed by atoms with Gasteiger partial charge in [-0.2, -0.15) is 0 Å². The number of aromatic nitrogens is 4. The summed E-state index contributed by atoms with van der Waals surface area (Å²) in [5, 5.41) is 2.72. The van der Waals surface area contributed by atoms with Crippen LogP contribution >= 0.6 is 0 Å². The van der Waals surface area contributed by atoms with Gasteiger partial charge in [0, 0.05) is 24.5 Å². The Kier molecular flexibility index (Phi) is 6.08. The molecular formula is C20H21N5O4. The van der Waals surface area contributed by atoms with Crippen molar-refractivity contribution in [2.24, 2.45) is 0 Å². The van der Waals surface area contributed by atoms with Crippen LogP contribution in [-0.4, -0.2) is 46.8 Å². The molecule has 0 saturated heterocycles. The molecule has 1 aromatic carbocycles. The van der Waals surface area contributed by atoms with Crippen LogP contribution in [-0.2, 0) is 4.79 Å². The van der Waals surface area contributed by atoms with Crippen molar-refractivity contribution in [2.75, 3.05) is 26.6 Å². The maximum absolute atomic E-state index is 12.3. The first-order valence-corrected chi connectivity index (χ1v) is 8.67. The number of hydrogen-bond acceptors (Lipinski definition) is 7. The molecule has 0 fully saturated rings. The molecule has 0 bridgehead atoms. The Bertz CT molecular complexity index is 1020. The van der Waals surface area contributed by atoms with E-state index in [1.54, 1.807) is 41.2 Å². The second-order valence-electron chi connectivity index (χ2n) is 5.89. The second-order valence-corrected chi connectivity index (χ2v) is 5.89. The summed E-state index contributed by atoms with van der Waals surface area (Å²) in [5.74, 6) is 2.92. The maximum Gasteiger partial charge on any atom is 0.249 e. The van der Waals surface area contributed by atoms with Gasteiger partial charge in [0.15, 0.2) is 11.5 Å². The van der Waals surface area contributed by atoms with E-state index in [0.717, 1.165) is 5.82 Å². The van der Waals surface area contributed by atoms with Gasteiger partial charge in [-0.25, -0.2) is 15.0 Å². The Morgan fingerprint density at radius 1 is 1.03 bits per heavy atom. The minimum absolute atomic E-state index is 0.342. The highest BCUT2D eigenvalue weighted by atomic mass is 16.5. The zero-order valence-electron chi connectivity index (χ0n) is 16.5. The summed E-state index contributed by atoms with van der Waals surface area (Å²) in [4.78, 5) is 24.8. The lowest BCUT2D eigenvalue weighted by Crippen LogP contribution is -2.10. The van der Waals surface area contributed by atoms with E-state index in [4.69, 9.17) is 14.2 Å². The fourth-order valence-corrected chi connectivity index (χ4v) is 2.70. The molecule has 29 heavy (non-hydrogen) atoms. The molecule has 0 aliphatic rings. The van der Waals surface area contributed by atoms with Crippen molar-refractivity contribution in [1.29, 1.82) is 0 Å². The number of carbonyl (C=O) groups is 1. The summed E-state index contributed by atoms with van der Waals surface area (Å²) < 4.78 is 17.7. The fourth-order valence-electron chi connectivity index (χ4n) is 2.70. The molecule has 1 amide bonds. The standard InChI is InChI=1S/C20H21N5O4/c1-13-21-7-8-25(13)18-11-17(22-12-23-18)24-19(26)6-5-14-9-15(27-2)20(29-4)16(10-14)28-3/h5-12H,1-4H3,(H,22,23,24,26)/b6-5+. The topological polar surface area (TPSA) is 100 Å². The first kappa shape index (κ1) is 19.9. The van der Waals surface area contributed by atoms with Crippen LogP contribution in [0.3, 0.4) is 0 Å². The minimum Gasteiger partial charge on any atom is -0.493 e. The van der Waals surface area contributed by atoms with E-state index in [1.165, 1.54) is 33.7 Å². The smallest absolute Gasteiger partial charge is 0.249 e. The molecule has 0 radical (unpaired) electrons. The number of hydrogen-bond donors (Lipinski definition) is 1. The predicted octanol–water partition coefficient (Wildman–Crippen LogP) is 2.65. The monoisotopic (exact) mass is 395 g/mol. The highest BCUT2D eigenvalue weighted by molar-refractivity contribution is 6.01. The molecule has 9 nitrogen and oxygen atoms in total. The molecular weight excluding hydrogens is 374 g/mol. The lowest BCUT2D eigenvalue weighted by Gasteiger charge is -2.12. The van der Waals surface area contributed by atoms with Crippen molar-refractivity contribution in [3.8, 4) is 23.1 Å². The van der Waals surface area contributed by atoms with E-state index in [1.807, 2.05) is 6.92 Å². The van der Waals surface area contributed by atoms with Gasteiger partial charge in [-0.1, -0.05) is 0 Å². The number of carbonyl (C=O) groups excluding carboxylic acids is 1. The van der Waals surface area contributed by atoms with Crippen LogP contribution in [0.2, 0.25) is 0 Å². The summed E-state index contributed by atoms with van der Waals surface area (Å²) in [5.41, 5.74) is 0.715. The molecule has 2 aromatic heterocycles. The number of nitrogens with one attached hydrogen (secondary N) is 1. The Labute approximate surface area is 168 Å². The zero-order valence-corrected chi connectivity index (χ0v) is 16.5. The van der Waals surface area contributed by atoms with Gasteiger partial charge in [-0.3, -0.25) is 9.36 Å². The molecule has 0 saturated carbocycles. The van der Waals surface area contributed by atoms with E-state index < -0.39 is 0 Å². The van der Waals surface area contributed by atoms with Crippen LogP contribution in [0.4, 0.5) is 5.82 Å². The maximum atomic E-state index is 12.3. The number of methoxy groups -OCH3 is 3. The lowest BCUT2D eigenvalue weighted by molar-refractivity contribution is -0.111. The van der Waals surface area contributed by atoms with Crippen molar-refractivity contribution in [1.82, 2.24) is 19.5 Å². The van der Waals surface area contributed by atoms with Gasteiger partial charge in [0.2, 0.25) is 11.7 Å². The summed E-state index contributed by atoms with van der Waals surface area (Å²) in [6.07, 6.45) is 7.88. The molecule has 0 aliphatic carbocycles. The number of rotatable bonds is 7. The van der Waals surface area contributed by atoms with Gasteiger partial charge < -0.3 is 19.5 Å². The SMILES string of the molecule is COc1cc(/C=C/C(=O)Nc2cc(-n3ccnc3C)ncn2)cc(OC)c1OC. The minimum atomic E-state index is -0.342. The Morgan fingerprint density at radius 2 is 1.76 bits per heavy atom. The molecule has 0 atom stereocenters. The number of aryl methyl sites for hydroxylation is 1. The molecule has 3 rings (SSSR count). The van der Waals surface area contributed by atoms with Crippen LogP contribution < -0.4 is 19.5 Å². The molecule has 0 aliphatic heterocycles. The van der Waals surface area contributed by atoms with Gasteiger partial charge in [-0.05, 0) is 30.7 Å². The fraction of sp³-hybridized carbons (Fsp3) is 0.200. The van der Waals surface area contributed by atoms with E-state index in [2.05, 4.69) is 20.3 Å². The summed E-state index contributed by atoms with van der Waals surface area (Å²) in [6, 6.07) is 5.16. The second kappa shape index (κ2) is 8.87. The van der Waals surface area contributed by atoms with Crippen molar-refractivity contribution < 1.29 is 19.0 Å². The molecule has 3 aromatic rings. The summed E-state index contributed by atoms with van der Waals surface area (Å²) >= 11 is 0. The number of benzene rings is 1. The van der Waals surface area contributed by atoms with E-state index in [9.17, 15) is 4.79 Å². The molecule has 9 heteroatoms. The molecule has 0 spiro atoms. The highest BCUT2D eigenvalue weighted by Crippen LogP contribution is 2.38. The molecule has 0 unspecified atom stereocenters. The number of amides is 1. The van der Waals surface area contributed by atoms with Crippen molar-refractivity contribution in [2.45, 2.75) is 6.92 Å². The van der Waals surface area contributed by atoms with Crippen LogP contribution in [0.1, 0.15) is 11.4 Å². The average Bonchev–Trinajstić information content (AvgIpc) is 3.17. The van der Waals surface area contributed by atoms with Gasteiger partial charge in [0.05, 0.1) is 21.3 Å². The largest absolute Gasteiger partial charge is 0.493 e. The molecule has 1 N–H and O–H groups in total. The van der Waals surface area contributed by atoms with E-state index >= 15 is 0 Å².